The van der Waals surface area contributed by atoms with Gasteiger partial charge in [-0.1, -0.05) is 12.1 Å². The van der Waals surface area contributed by atoms with Crippen LogP contribution < -0.4 is 10.2 Å². The highest BCUT2D eigenvalue weighted by molar-refractivity contribution is 5.81. The lowest BCUT2D eigenvalue weighted by Crippen LogP contribution is -2.37. The van der Waals surface area contributed by atoms with E-state index < -0.39 is 6.43 Å². The fourth-order valence-corrected chi connectivity index (χ4v) is 5.65. The highest BCUT2D eigenvalue weighted by Gasteiger charge is 2.41. The van der Waals surface area contributed by atoms with Gasteiger partial charge < -0.3 is 15.0 Å². The summed E-state index contributed by atoms with van der Waals surface area (Å²) >= 11 is 0. The first-order chi connectivity index (χ1) is 16.5. The molecule has 3 atom stereocenters. The summed E-state index contributed by atoms with van der Waals surface area (Å²) < 4.78 is 34.9. The molecule has 2 saturated carbocycles. The summed E-state index contributed by atoms with van der Waals surface area (Å²) in [4.78, 5) is 27.4. The maximum Gasteiger partial charge on any atom is 0.296 e. The van der Waals surface area contributed by atoms with Crippen molar-refractivity contribution in [3.63, 3.8) is 0 Å². The van der Waals surface area contributed by atoms with Gasteiger partial charge in [-0.3, -0.25) is 9.36 Å². The van der Waals surface area contributed by atoms with Gasteiger partial charge in [0.1, 0.15) is 17.4 Å². The van der Waals surface area contributed by atoms with Crippen molar-refractivity contribution in [2.24, 2.45) is 11.8 Å². The summed E-state index contributed by atoms with van der Waals surface area (Å²) in [6.45, 7) is 2.38. The lowest BCUT2D eigenvalue weighted by molar-refractivity contribution is -0.117. The van der Waals surface area contributed by atoms with Crippen LogP contribution >= 0.6 is 0 Å². The van der Waals surface area contributed by atoms with Gasteiger partial charge in [0.25, 0.3) is 6.43 Å². The quantitative estimate of drug-likeness (QED) is 0.610. The number of morpholine rings is 1. The predicted molar refractivity (Wildman–Crippen MR) is 123 cm³/mol. The third-order valence-electron chi connectivity index (χ3n) is 7.18. The fourth-order valence-electron chi connectivity index (χ4n) is 5.65. The van der Waals surface area contributed by atoms with E-state index in [0.717, 1.165) is 12.8 Å². The lowest BCUT2D eigenvalue weighted by atomic mass is 10.0. The molecule has 8 nitrogen and oxygen atoms in total. The molecule has 178 valence electrons. The second-order valence-electron chi connectivity index (χ2n) is 9.39. The Hall–Kier alpha value is -3.14. The number of Topliss-reactive ketones (excluding diaryl/α,β-unsaturated/α-hetero) is 1. The molecule has 0 spiro atoms. The number of imidazole rings is 1. The number of hydrogen-bond donors (Lipinski definition) is 1. The van der Waals surface area contributed by atoms with Crippen LogP contribution in [-0.4, -0.2) is 57.6 Å². The highest BCUT2D eigenvalue weighted by Crippen LogP contribution is 2.43. The highest BCUT2D eigenvalue weighted by atomic mass is 19.3. The van der Waals surface area contributed by atoms with Gasteiger partial charge in [0.05, 0.1) is 24.2 Å². The molecular formula is C24H26F2N6O2. The van der Waals surface area contributed by atoms with E-state index in [2.05, 4.69) is 10.3 Å². The van der Waals surface area contributed by atoms with Crippen LogP contribution in [0.4, 0.5) is 20.5 Å². The van der Waals surface area contributed by atoms with Crippen molar-refractivity contribution >= 4 is 28.6 Å². The number of alkyl halides is 2. The van der Waals surface area contributed by atoms with E-state index in [4.69, 9.17) is 14.7 Å². The van der Waals surface area contributed by atoms with Crippen LogP contribution in [0.15, 0.2) is 30.3 Å². The van der Waals surface area contributed by atoms with Gasteiger partial charge >= 0.3 is 0 Å². The fraction of sp³-hybridized carbons (Fsp3) is 0.500. The molecule has 3 fully saturated rings. The van der Waals surface area contributed by atoms with E-state index in [0.29, 0.717) is 85.4 Å². The molecular weight excluding hydrogens is 442 g/mol. The number of rotatable bonds is 5. The molecule has 0 unspecified atom stereocenters. The normalized spacial score (nSPS) is 24.9. The maximum atomic E-state index is 14.0. The van der Waals surface area contributed by atoms with Gasteiger partial charge in [-0.15, -0.1) is 0 Å². The Balaban J connectivity index is 1.40. The maximum absolute atomic E-state index is 14.0. The number of ether oxygens (including phenoxy) is 1. The van der Waals surface area contributed by atoms with E-state index in [1.807, 2.05) is 4.90 Å². The molecule has 0 radical (unpaired) electrons. The van der Waals surface area contributed by atoms with Crippen molar-refractivity contribution in [3.05, 3.63) is 36.2 Å². The molecule has 2 aliphatic carbocycles. The molecule has 6 rings (SSSR count). The number of carbonyl (C=O) groups is 1. The van der Waals surface area contributed by atoms with Crippen LogP contribution in [0.1, 0.15) is 37.9 Å². The van der Waals surface area contributed by atoms with E-state index in [1.165, 1.54) is 4.57 Å². The first kappa shape index (κ1) is 21.4. The van der Waals surface area contributed by atoms with Gasteiger partial charge in [0.15, 0.2) is 5.82 Å². The third-order valence-corrected chi connectivity index (χ3v) is 7.18. The van der Waals surface area contributed by atoms with E-state index in [9.17, 15) is 13.6 Å². The number of benzene rings is 1. The summed E-state index contributed by atoms with van der Waals surface area (Å²) in [5.74, 6) is 2.31. The minimum atomic E-state index is -2.75. The number of halogens is 2. The number of ketones is 1. The van der Waals surface area contributed by atoms with Crippen molar-refractivity contribution in [2.75, 3.05) is 36.5 Å². The molecule has 34 heavy (non-hydrogen) atoms. The molecule has 1 N–H and O–H groups in total. The Labute approximate surface area is 195 Å². The molecule has 1 saturated heterocycles. The van der Waals surface area contributed by atoms with Gasteiger partial charge in [-0.25, -0.2) is 13.8 Å². The average molecular weight is 469 g/mol. The second-order valence-corrected chi connectivity index (χ2v) is 9.39. The molecule has 0 bridgehead atoms. The van der Waals surface area contributed by atoms with E-state index >= 15 is 0 Å². The SMILES string of the molecule is O=C1C[C@@H]2C[C@@H](Nc3cc(-n4c(C(F)F)nc5ccccc54)nc(N4CCOCC4)n3)C[C@@H]2C1. The van der Waals surface area contributed by atoms with Gasteiger partial charge in [-0.2, -0.15) is 9.97 Å². The zero-order valence-electron chi connectivity index (χ0n) is 18.7. The summed E-state index contributed by atoms with van der Waals surface area (Å²) in [6.07, 6.45) is 0.403. The van der Waals surface area contributed by atoms with Gasteiger partial charge in [0.2, 0.25) is 5.95 Å². The Morgan fingerprint density at radius 3 is 2.50 bits per heavy atom. The Bertz CT molecular complexity index is 1210. The number of nitrogens with zero attached hydrogens (tertiary/aromatic N) is 5. The largest absolute Gasteiger partial charge is 0.378 e. The first-order valence-corrected chi connectivity index (χ1v) is 11.8. The number of aromatic nitrogens is 4. The minimum Gasteiger partial charge on any atom is -0.378 e. The van der Waals surface area contributed by atoms with Gasteiger partial charge in [-0.05, 0) is 36.8 Å². The van der Waals surface area contributed by atoms with Crippen molar-refractivity contribution in [3.8, 4) is 5.82 Å². The Kier molecular flexibility index (Phi) is 5.40. The molecule has 3 aromatic rings. The molecule has 3 heterocycles. The van der Waals surface area contributed by atoms with Crippen molar-refractivity contribution in [2.45, 2.75) is 38.2 Å². The topological polar surface area (TPSA) is 85.2 Å². The van der Waals surface area contributed by atoms with Crippen molar-refractivity contribution < 1.29 is 18.3 Å². The van der Waals surface area contributed by atoms with E-state index in [1.54, 1.807) is 30.3 Å². The molecule has 10 heteroatoms. The van der Waals surface area contributed by atoms with Crippen molar-refractivity contribution in [1.29, 1.82) is 0 Å². The number of fused-ring (bicyclic) bond motifs is 2. The van der Waals surface area contributed by atoms with Crippen LogP contribution in [0.25, 0.3) is 16.9 Å². The third kappa shape index (κ3) is 3.89. The number of hydrogen-bond acceptors (Lipinski definition) is 7. The average Bonchev–Trinajstić information content (AvgIpc) is 3.50. The zero-order valence-corrected chi connectivity index (χ0v) is 18.7. The molecule has 2 aromatic heterocycles. The number of para-hydroxylation sites is 2. The minimum absolute atomic E-state index is 0.192. The monoisotopic (exact) mass is 468 g/mol. The Morgan fingerprint density at radius 1 is 1.03 bits per heavy atom. The summed E-state index contributed by atoms with van der Waals surface area (Å²) in [6, 6.07) is 8.99. The summed E-state index contributed by atoms with van der Waals surface area (Å²) in [7, 11) is 0. The predicted octanol–water partition coefficient (Wildman–Crippen LogP) is 3.76. The first-order valence-electron chi connectivity index (χ1n) is 11.8. The lowest BCUT2D eigenvalue weighted by Gasteiger charge is -2.28. The molecule has 3 aliphatic rings. The van der Waals surface area contributed by atoms with Crippen molar-refractivity contribution in [1.82, 2.24) is 19.5 Å². The zero-order chi connectivity index (χ0) is 23.2. The Morgan fingerprint density at radius 2 is 1.76 bits per heavy atom. The van der Waals surface area contributed by atoms with Crippen LogP contribution in [0.3, 0.4) is 0 Å². The molecule has 0 amide bonds. The summed E-state index contributed by atoms with van der Waals surface area (Å²) in [5.41, 5.74) is 1.07. The molecule has 1 aliphatic heterocycles. The number of nitrogens with one attached hydrogen (secondary N) is 1. The smallest absolute Gasteiger partial charge is 0.296 e. The van der Waals surface area contributed by atoms with Crippen LogP contribution in [0.2, 0.25) is 0 Å². The number of anilines is 2. The standard InChI is InChI=1S/C24H26F2N6O2/c25-22(26)23-28-18-3-1-2-4-19(18)32(23)21-13-20(29-24(30-21)31-5-7-34-8-6-31)27-16-9-14-11-17(33)12-15(14)10-16/h1-4,13-16,22H,5-12H2,(H,27,29,30)/t14-,15+,16+. The molecule has 1 aromatic carbocycles. The van der Waals surface area contributed by atoms with Gasteiger partial charge in [0, 0.05) is 38.0 Å². The van der Waals surface area contributed by atoms with Crippen LogP contribution in [0.5, 0.6) is 0 Å². The summed E-state index contributed by atoms with van der Waals surface area (Å²) in [5, 5.41) is 3.52. The van der Waals surface area contributed by atoms with Crippen LogP contribution in [-0.2, 0) is 9.53 Å². The second kappa shape index (κ2) is 8.57. The van der Waals surface area contributed by atoms with Crippen LogP contribution in [0, 0.1) is 11.8 Å². The van der Waals surface area contributed by atoms with E-state index in [-0.39, 0.29) is 11.9 Å². The number of carbonyl (C=O) groups excluding carboxylic acids is 1.